The number of rotatable bonds is 3. The fourth-order valence-corrected chi connectivity index (χ4v) is 3.64. The summed E-state index contributed by atoms with van der Waals surface area (Å²) in [5.41, 5.74) is 0.918. The Labute approximate surface area is 109 Å². The van der Waals surface area contributed by atoms with Crippen molar-refractivity contribution in [3.05, 3.63) is 24.3 Å². The van der Waals surface area contributed by atoms with Gasteiger partial charge in [0.15, 0.2) is 0 Å². The summed E-state index contributed by atoms with van der Waals surface area (Å²) in [7, 11) is -1.49. The Hall–Kier alpha value is -1.07. The monoisotopic (exact) mass is 268 g/mol. The maximum Gasteiger partial charge on any atom is 0.243 e. The first kappa shape index (κ1) is 13.4. The van der Waals surface area contributed by atoms with E-state index in [0.717, 1.165) is 18.5 Å². The molecular weight excluding hydrogens is 248 g/mol. The Morgan fingerprint density at radius 2 is 1.72 bits per heavy atom. The largest absolute Gasteiger partial charge is 0.388 e. The fourth-order valence-electron chi connectivity index (χ4n) is 2.17. The molecule has 0 aromatic heterocycles. The van der Waals surface area contributed by atoms with Gasteiger partial charge in [-0.3, -0.25) is 0 Å². The number of benzene rings is 1. The van der Waals surface area contributed by atoms with E-state index in [1.165, 1.54) is 0 Å². The molecule has 100 valence electrons. The molecule has 0 radical (unpaired) electrons. The van der Waals surface area contributed by atoms with Crippen molar-refractivity contribution in [2.24, 2.45) is 5.92 Å². The quantitative estimate of drug-likeness (QED) is 0.914. The maximum atomic E-state index is 12.4. The van der Waals surface area contributed by atoms with E-state index in [2.05, 4.69) is 12.2 Å². The lowest BCUT2D eigenvalue weighted by molar-refractivity contribution is 0.288. The highest BCUT2D eigenvalue weighted by atomic mass is 32.2. The van der Waals surface area contributed by atoms with E-state index in [0.29, 0.717) is 23.9 Å². The molecule has 1 aromatic carbocycles. The number of sulfonamides is 1. The Morgan fingerprint density at radius 1 is 1.17 bits per heavy atom. The van der Waals surface area contributed by atoms with Crippen LogP contribution in [-0.4, -0.2) is 32.9 Å². The summed E-state index contributed by atoms with van der Waals surface area (Å²) in [5.74, 6) is 0.628. The highest BCUT2D eigenvalue weighted by Crippen LogP contribution is 2.24. The van der Waals surface area contributed by atoms with Gasteiger partial charge in [0.05, 0.1) is 4.90 Å². The molecule has 1 aliphatic heterocycles. The normalized spacial score (nSPS) is 18.8. The first-order valence-electron chi connectivity index (χ1n) is 6.32. The first-order chi connectivity index (χ1) is 8.54. The van der Waals surface area contributed by atoms with Crippen LogP contribution in [0.1, 0.15) is 19.8 Å². The zero-order valence-corrected chi connectivity index (χ0v) is 11.7. The van der Waals surface area contributed by atoms with Gasteiger partial charge in [-0.25, -0.2) is 8.42 Å². The van der Waals surface area contributed by atoms with Gasteiger partial charge in [-0.05, 0) is 43.0 Å². The van der Waals surface area contributed by atoms with Gasteiger partial charge in [0, 0.05) is 25.8 Å². The van der Waals surface area contributed by atoms with Crippen LogP contribution < -0.4 is 5.32 Å². The third-order valence-electron chi connectivity index (χ3n) is 3.52. The number of piperidine rings is 1. The van der Waals surface area contributed by atoms with Crippen LogP contribution in [0.25, 0.3) is 0 Å². The number of hydrogen-bond donors (Lipinski definition) is 1. The van der Waals surface area contributed by atoms with Crippen LogP contribution >= 0.6 is 0 Å². The smallest absolute Gasteiger partial charge is 0.243 e. The molecule has 1 saturated heterocycles. The zero-order chi connectivity index (χ0) is 13.2. The minimum absolute atomic E-state index is 0.385. The highest BCUT2D eigenvalue weighted by Gasteiger charge is 2.27. The molecule has 2 rings (SSSR count). The predicted molar refractivity (Wildman–Crippen MR) is 73.1 cm³/mol. The number of hydrogen-bond acceptors (Lipinski definition) is 3. The average Bonchev–Trinajstić information content (AvgIpc) is 2.39. The van der Waals surface area contributed by atoms with Crippen molar-refractivity contribution in [1.82, 2.24) is 4.31 Å². The Bertz CT molecular complexity index is 488. The van der Waals surface area contributed by atoms with E-state index in [1.807, 2.05) is 7.05 Å². The third-order valence-corrected chi connectivity index (χ3v) is 5.44. The molecule has 0 amide bonds. The molecule has 0 spiro atoms. The van der Waals surface area contributed by atoms with Crippen molar-refractivity contribution in [2.45, 2.75) is 24.7 Å². The molecule has 0 aliphatic carbocycles. The van der Waals surface area contributed by atoms with Crippen LogP contribution in [0.4, 0.5) is 5.69 Å². The lowest BCUT2D eigenvalue weighted by Gasteiger charge is -2.29. The average molecular weight is 268 g/mol. The Kier molecular flexibility index (Phi) is 3.92. The summed E-state index contributed by atoms with van der Waals surface area (Å²) in [6.45, 7) is 3.44. The summed E-state index contributed by atoms with van der Waals surface area (Å²) in [5, 5.41) is 2.98. The molecule has 0 unspecified atom stereocenters. The molecule has 1 N–H and O–H groups in total. The minimum Gasteiger partial charge on any atom is -0.388 e. The summed E-state index contributed by atoms with van der Waals surface area (Å²) >= 11 is 0. The molecule has 1 heterocycles. The molecule has 1 aromatic rings. The third kappa shape index (κ3) is 2.67. The van der Waals surface area contributed by atoms with Crippen LogP contribution in [0.3, 0.4) is 0 Å². The molecule has 1 aliphatic rings. The first-order valence-corrected chi connectivity index (χ1v) is 7.76. The van der Waals surface area contributed by atoms with Gasteiger partial charge in [-0.2, -0.15) is 4.31 Å². The minimum atomic E-state index is -3.30. The van der Waals surface area contributed by atoms with Crippen LogP contribution in [0.15, 0.2) is 29.2 Å². The summed E-state index contributed by atoms with van der Waals surface area (Å²) in [6.07, 6.45) is 1.90. The summed E-state index contributed by atoms with van der Waals surface area (Å²) < 4.78 is 26.4. The fraction of sp³-hybridized carbons (Fsp3) is 0.538. The second kappa shape index (κ2) is 5.28. The number of nitrogens with one attached hydrogen (secondary N) is 1. The van der Waals surface area contributed by atoms with Gasteiger partial charge in [-0.15, -0.1) is 0 Å². The van der Waals surface area contributed by atoms with Crippen molar-refractivity contribution in [3.63, 3.8) is 0 Å². The van der Waals surface area contributed by atoms with E-state index < -0.39 is 10.0 Å². The Morgan fingerprint density at radius 3 is 2.22 bits per heavy atom. The summed E-state index contributed by atoms with van der Waals surface area (Å²) in [4.78, 5) is 0.385. The molecule has 1 fully saturated rings. The summed E-state index contributed by atoms with van der Waals surface area (Å²) in [6, 6.07) is 6.91. The van der Waals surface area contributed by atoms with Crippen LogP contribution in [-0.2, 0) is 10.0 Å². The number of anilines is 1. The second-order valence-corrected chi connectivity index (χ2v) is 6.80. The second-order valence-electron chi connectivity index (χ2n) is 4.86. The number of nitrogens with zero attached hydrogens (tertiary/aromatic N) is 1. The molecule has 0 bridgehead atoms. The molecule has 18 heavy (non-hydrogen) atoms. The van der Waals surface area contributed by atoms with Crippen molar-refractivity contribution in [1.29, 1.82) is 0 Å². The lowest BCUT2D eigenvalue weighted by Crippen LogP contribution is -2.37. The standard InChI is InChI=1S/C13H20N2O2S/c1-11-7-9-15(10-8-11)18(16,17)13-5-3-12(14-2)4-6-13/h3-6,11,14H,7-10H2,1-2H3. The Balaban J connectivity index is 2.19. The van der Waals surface area contributed by atoms with Crippen molar-refractivity contribution in [2.75, 3.05) is 25.5 Å². The predicted octanol–water partition coefficient (Wildman–Crippen LogP) is 2.15. The van der Waals surface area contributed by atoms with Crippen LogP contribution in [0.2, 0.25) is 0 Å². The van der Waals surface area contributed by atoms with Crippen molar-refractivity contribution < 1.29 is 8.42 Å². The van der Waals surface area contributed by atoms with Gasteiger partial charge < -0.3 is 5.32 Å². The lowest BCUT2D eigenvalue weighted by atomic mass is 10.0. The highest BCUT2D eigenvalue weighted by molar-refractivity contribution is 7.89. The van der Waals surface area contributed by atoms with Crippen LogP contribution in [0.5, 0.6) is 0 Å². The maximum absolute atomic E-state index is 12.4. The van der Waals surface area contributed by atoms with Gasteiger partial charge in [-0.1, -0.05) is 6.92 Å². The van der Waals surface area contributed by atoms with E-state index >= 15 is 0 Å². The van der Waals surface area contributed by atoms with Gasteiger partial charge in [0.2, 0.25) is 10.0 Å². The zero-order valence-electron chi connectivity index (χ0n) is 10.9. The molecule has 0 saturated carbocycles. The van der Waals surface area contributed by atoms with E-state index in [9.17, 15) is 8.42 Å². The molecular formula is C13H20N2O2S. The van der Waals surface area contributed by atoms with Crippen molar-refractivity contribution in [3.8, 4) is 0 Å². The van der Waals surface area contributed by atoms with Gasteiger partial charge >= 0.3 is 0 Å². The van der Waals surface area contributed by atoms with Gasteiger partial charge in [0.25, 0.3) is 0 Å². The molecule has 5 heteroatoms. The van der Waals surface area contributed by atoms with E-state index in [-0.39, 0.29) is 0 Å². The molecule has 4 nitrogen and oxygen atoms in total. The molecule has 0 atom stereocenters. The van der Waals surface area contributed by atoms with Gasteiger partial charge in [0.1, 0.15) is 0 Å². The van der Waals surface area contributed by atoms with E-state index in [4.69, 9.17) is 0 Å². The van der Waals surface area contributed by atoms with Crippen LogP contribution in [0, 0.1) is 5.92 Å². The van der Waals surface area contributed by atoms with Crippen molar-refractivity contribution >= 4 is 15.7 Å². The topological polar surface area (TPSA) is 49.4 Å². The van der Waals surface area contributed by atoms with E-state index in [1.54, 1.807) is 28.6 Å². The SMILES string of the molecule is CNc1ccc(S(=O)(=O)N2CCC(C)CC2)cc1.